The van der Waals surface area contributed by atoms with E-state index in [0.29, 0.717) is 5.75 Å². The van der Waals surface area contributed by atoms with Gasteiger partial charge in [-0.3, -0.25) is 4.79 Å². The molecule has 2 aromatic rings. The highest BCUT2D eigenvalue weighted by molar-refractivity contribution is 7.99. The van der Waals surface area contributed by atoms with E-state index in [9.17, 15) is 4.79 Å². The number of hydrogen-bond donors (Lipinski definition) is 1. The van der Waals surface area contributed by atoms with Crippen LogP contribution in [0.1, 0.15) is 26.1 Å². The fourth-order valence-electron chi connectivity index (χ4n) is 2.14. The quantitative estimate of drug-likeness (QED) is 0.752. The van der Waals surface area contributed by atoms with Gasteiger partial charge >= 0.3 is 0 Å². The molecule has 0 aliphatic heterocycles. The normalized spacial score (nSPS) is 10.6. The van der Waals surface area contributed by atoms with Crippen molar-refractivity contribution in [2.45, 2.75) is 38.4 Å². The summed E-state index contributed by atoms with van der Waals surface area (Å²) < 4.78 is 7.18. The van der Waals surface area contributed by atoms with Crippen LogP contribution in [0.2, 0.25) is 0 Å². The van der Waals surface area contributed by atoms with Crippen LogP contribution in [-0.4, -0.2) is 33.5 Å². The molecule has 0 saturated carbocycles. The van der Waals surface area contributed by atoms with Crippen molar-refractivity contribution < 1.29 is 9.53 Å². The van der Waals surface area contributed by atoms with Crippen LogP contribution in [0.3, 0.4) is 0 Å². The van der Waals surface area contributed by atoms with Crippen LogP contribution in [0.5, 0.6) is 5.75 Å². The molecule has 0 aliphatic rings. The monoisotopic (exact) mass is 334 g/mol. The molecule has 2 rings (SSSR count). The highest BCUT2D eigenvalue weighted by Gasteiger charge is 2.12. The molecule has 1 heterocycles. The van der Waals surface area contributed by atoms with Crippen molar-refractivity contribution in [3.8, 4) is 5.75 Å². The first-order valence-electron chi connectivity index (χ1n) is 7.66. The molecule has 1 aromatic carbocycles. The second-order valence-corrected chi connectivity index (χ2v) is 5.91. The smallest absolute Gasteiger partial charge is 0.234 e. The highest BCUT2D eigenvalue weighted by Crippen LogP contribution is 2.19. The molecule has 1 aromatic heterocycles. The number of anilines is 1. The van der Waals surface area contributed by atoms with Gasteiger partial charge in [-0.15, -0.1) is 10.2 Å². The molecule has 7 heteroatoms. The van der Waals surface area contributed by atoms with Crippen LogP contribution in [0, 0.1) is 0 Å². The van der Waals surface area contributed by atoms with Gasteiger partial charge in [0.15, 0.2) is 5.16 Å². The van der Waals surface area contributed by atoms with E-state index in [2.05, 4.69) is 33.9 Å². The Kier molecular flexibility index (Phi) is 6.46. The number of benzene rings is 1. The maximum Gasteiger partial charge on any atom is 0.234 e. The molecule has 0 atom stereocenters. The Morgan fingerprint density at radius 3 is 2.61 bits per heavy atom. The third kappa shape index (κ3) is 4.72. The van der Waals surface area contributed by atoms with E-state index < -0.39 is 0 Å². The molecule has 0 unspecified atom stereocenters. The van der Waals surface area contributed by atoms with Gasteiger partial charge in [0.1, 0.15) is 11.6 Å². The summed E-state index contributed by atoms with van der Waals surface area (Å²) >= 11 is 1.41. The molecule has 0 bridgehead atoms. The summed E-state index contributed by atoms with van der Waals surface area (Å²) in [4.78, 5) is 12.1. The van der Waals surface area contributed by atoms with Gasteiger partial charge in [-0.05, 0) is 30.7 Å². The molecule has 0 saturated heterocycles. The fourth-order valence-corrected chi connectivity index (χ4v) is 2.92. The predicted molar refractivity (Wildman–Crippen MR) is 92.0 cm³/mol. The van der Waals surface area contributed by atoms with E-state index >= 15 is 0 Å². The van der Waals surface area contributed by atoms with Gasteiger partial charge in [0.25, 0.3) is 0 Å². The van der Waals surface area contributed by atoms with Crippen LogP contribution in [-0.2, 0) is 17.8 Å². The molecular weight excluding hydrogens is 312 g/mol. The van der Waals surface area contributed by atoms with E-state index in [1.807, 2.05) is 24.3 Å². The number of ether oxygens (including phenoxy) is 1. The predicted octanol–water partition coefficient (Wildman–Crippen LogP) is 2.99. The van der Waals surface area contributed by atoms with Crippen LogP contribution < -0.4 is 10.1 Å². The van der Waals surface area contributed by atoms with Gasteiger partial charge in [-0.1, -0.05) is 25.6 Å². The van der Waals surface area contributed by atoms with Crippen LogP contribution in [0.15, 0.2) is 29.4 Å². The van der Waals surface area contributed by atoms with Crippen molar-refractivity contribution in [2.24, 2.45) is 0 Å². The number of carbonyl (C=O) groups excluding carboxylic acids is 1. The highest BCUT2D eigenvalue weighted by atomic mass is 32.2. The van der Waals surface area contributed by atoms with E-state index in [0.717, 1.165) is 41.8 Å². The Balaban J connectivity index is 1.92. The van der Waals surface area contributed by atoms with Crippen LogP contribution in [0.25, 0.3) is 0 Å². The maximum atomic E-state index is 12.1. The summed E-state index contributed by atoms with van der Waals surface area (Å²) in [5.41, 5.74) is 0.751. The van der Waals surface area contributed by atoms with Gasteiger partial charge in [0, 0.05) is 18.7 Å². The first-order chi connectivity index (χ1) is 11.2. The van der Waals surface area contributed by atoms with Crippen molar-refractivity contribution in [2.75, 3.05) is 18.2 Å². The molecule has 6 nitrogen and oxygen atoms in total. The number of rotatable bonds is 8. The summed E-state index contributed by atoms with van der Waals surface area (Å²) in [6.45, 7) is 5.05. The lowest BCUT2D eigenvalue weighted by atomic mass is 10.3. The summed E-state index contributed by atoms with van der Waals surface area (Å²) in [5, 5.41) is 12.0. The average molecular weight is 334 g/mol. The molecule has 1 N–H and O–H groups in total. The van der Waals surface area contributed by atoms with Gasteiger partial charge in [-0.2, -0.15) is 0 Å². The number of thioether (sulfide) groups is 1. The summed E-state index contributed by atoms with van der Waals surface area (Å²) in [6.07, 6.45) is 1.85. The van der Waals surface area contributed by atoms with Gasteiger partial charge in [0.05, 0.1) is 12.9 Å². The Morgan fingerprint density at radius 2 is 2.00 bits per heavy atom. The van der Waals surface area contributed by atoms with Gasteiger partial charge in [-0.25, -0.2) is 0 Å². The Labute approximate surface area is 140 Å². The fraction of sp³-hybridized carbons (Fsp3) is 0.438. The molecule has 1 amide bonds. The number of amides is 1. The molecule has 0 spiro atoms. The zero-order valence-corrected chi connectivity index (χ0v) is 14.5. The van der Waals surface area contributed by atoms with Crippen molar-refractivity contribution in [3.05, 3.63) is 30.1 Å². The largest absolute Gasteiger partial charge is 0.497 e. The van der Waals surface area contributed by atoms with E-state index in [1.165, 1.54) is 11.8 Å². The standard InChI is InChI=1S/C16H22N4O2S/c1-4-10-20-14(5-2)18-19-16(20)23-11-15(21)17-12-6-8-13(22-3)9-7-12/h6-9H,4-5,10-11H2,1-3H3,(H,17,21). The summed E-state index contributed by atoms with van der Waals surface area (Å²) in [6, 6.07) is 7.26. The zero-order valence-electron chi connectivity index (χ0n) is 13.7. The third-order valence-electron chi connectivity index (χ3n) is 3.26. The number of aromatic nitrogens is 3. The summed E-state index contributed by atoms with van der Waals surface area (Å²) in [5.74, 6) is 1.96. The lowest BCUT2D eigenvalue weighted by molar-refractivity contribution is -0.113. The van der Waals surface area contributed by atoms with E-state index in [1.54, 1.807) is 7.11 Å². The number of aryl methyl sites for hydroxylation is 1. The molecule has 0 fully saturated rings. The Morgan fingerprint density at radius 1 is 1.26 bits per heavy atom. The lowest BCUT2D eigenvalue weighted by Crippen LogP contribution is -2.14. The maximum absolute atomic E-state index is 12.1. The number of nitrogens with zero attached hydrogens (tertiary/aromatic N) is 3. The average Bonchev–Trinajstić information content (AvgIpc) is 2.96. The number of hydrogen-bond acceptors (Lipinski definition) is 5. The minimum atomic E-state index is -0.0655. The topological polar surface area (TPSA) is 69.0 Å². The zero-order chi connectivity index (χ0) is 16.7. The minimum absolute atomic E-state index is 0.0655. The minimum Gasteiger partial charge on any atom is -0.497 e. The van der Waals surface area contributed by atoms with Crippen molar-refractivity contribution in [3.63, 3.8) is 0 Å². The SMILES string of the molecule is CCCn1c(CC)nnc1SCC(=O)Nc1ccc(OC)cc1. The second kappa shape index (κ2) is 8.57. The lowest BCUT2D eigenvalue weighted by Gasteiger charge is -2.08. The molecular formula is C16H22N4O2S. The molecule has 0 radical (unpaired) electrons. The van der Waals surface area contributed by atoms with Crippen LogP contribution in [0.4, 0.5) is 5.69 Å². The third-order valence-corrected chi connectivity index (χ3v) is 4.23. The first kappa shape index (κ1) is 17.3. The van der Waals surface area contributed by atoms with Gasteiger partial charge in [0.2, 0.25) is 5.91 Å². The number of carbonyl (C=O) groups is 1. The van der Waals surface area contributed by atoms with E-state index in [4.69, 9.17) is 4.74 Å². The van der Waals surface area contributed by atoms with Gasteiger partial charge < -0.3 is 14.6 Å². The second-order valence-electron chi connectivity index (χ2n) is 4.97. The summed E-state index contributed by atoms with van der Waals surface area (Å²) in [7, 11) is 1.61. The van der Waals surface area contributed by atoms with Crippen LogP contribution >= 0.6 is 11.8 Å². The molecule has 124 valence electrons. The number of nitrogens with one attached hydrogen (secondary N) is 1. The number of methoxy groups -OCH3 is 1. The first-order valence-corrected chi connectivity index (χ1v) is 8.65. The van der Waals surface area contributed by atoms with Crippen molar-refractivity contribution >= 4 is 23.4 Å². The molecule has 23 heavy (non-hydrogen) atoms. The van der Waals surface area contributed by atoms with Crippen molar-refractivity contribution in [1.29, 1.82) is 0 Å². The van der Waals surface area contributed by atoms with E-state index in [-0.39, 0.29) is 5.91 Å². The Bertz CT molecular complexity index is 640. The van der Waals surface area contributed by atoms with Crippen molar-refractivity contribution in [1.82, 2.24) is 14.8 Å². The molecule has 0 aliphatic carbocycles. The Hall–Kier alpha value is -2.02.